The molecule has 4 rings (SSSR count). The summed E-state index contributed by atoms with van der Waals surface area (Å²) < 4.78 is 5.01. The van der Waals surface area contributed by atoms with Crippen LogP contribution in [0.5, 0.6) is 5.75 Å². The van der Waals surface area contributed by atoms with E-state index in [9.17, 15) is 5.11 Å². The molecule has 0 spiro atoms. The molecule has 1 aromatic carbocycles. The van der Waals surface area contributed by atoms with E-state index < -0.39 is 0 Å². The molecule has 8 heteroatoms. The topological polar surface area (TPSA) is 126 Å². The normalized spacial score (nSPS) is 24.0. The van der Waals surface area contributed by atoms with Gasteiger partial charge in [-0.2, -0.15) is 0 Å². The van der Waals surface area contributed by atoms with Gasteiger partial charge in [0.1, 0.15) is 11.6 Å². The molecule has 3 fully saturated rings. The van der Waals surface area contributed by atoms with E-state index in [1.807, 2.05) is 6.07 Å². The fourth-order valence-electron chi connectivity index (χ4n) is 4.79. The average molecular weight is 431 g/mol. The highest BCUT2D eigenvalue weighted by Gasteiger charge is 2.41. The first kappa shape index (κ1) is 23.2. The molecule has 3 heterocycles. The third-order valence-electron chi connectivity index (χ3n) is 6.13. The number of fused-ring (bicyclic) bond motifs is 2. The minimum absolute atomic E-state index is 0.149. The number of morpholine rings is 1. The zero-order valence-corrected chi connectivity index (χ0v) is 18.8. The van der Waals surface area contributed by atoms with Gasteiger partial charge in [-0.3, -0.25) is 4.90 Å². The van der Waals surface area contributed by atoms with Crippen LogP contribution in [0.3, 0.4) is 0 Å². The molecule has 0 aliphatic carbocycles. The standard InChI is InChI=1S/C19H29N5O.C4H9NO/c1-12(2)24-13-7-8-14(24)11-23(10-13)17(19(21)22)9-16(20)15-5-3-4-6-18(15)25;1-3-6-4-2-5-1/h3-6,9,12-14,25H,7-8,10-11,20-22H2,1-2H3;5H,1-4H2/b16-9-;. The number of para-hydroxylation sites is 1. The lowest BCUT2D eigenvalue weighted by atomic mass is 10.1. The quantitative estimate of drug-likeness (QED) is 0.447. The van der Waals surface area contributed by atoms with Gasteiger partial charge in [0.05, 0.1) is 18.9 Å². The fourth-order valence-corrected chi connectivity index (χ4v) is 4.79. The molecule has 8 N–H and O–H groups in total. The molecule has 0 amide bonds. The number of hydrogen-bond acceptors (Lipinski definition) is 8. The van der Waals surface area contributed by atoms with Gasteiger partial charge in [-0.05, 0) is 44.9 Å². The molecule has 2 unspecified atom stereocenters. The van der Waals surface area contributed by atoms with Gasteiger partial charge in [0.15, 0.2) is 0 Å². The van der Waals surface area contributed by atoms with Gasteiger partial charge in [-0.1, -0.05) is 12.1 Å². The summed E-state index contributed by atoms with van der Waals surface area (Å²) in [5, 5.41) is 13.2. The number of likely N-dealkylation sites (tertiary alicyclic amines) is 1. The van der Waals surface area contributed by atoms with Crippen LogP contribution in [0.2, 0.25) is 0 Å². The Labute approximate surface area is 185 Å². The summed E-state index contributed by atoms with van der Waals surface area (Å²) in [6, 6.07) is 8.60. The Kier molecular flexibility index (Phi) is 8.06. The second-order valence-electron chi connectivity index (χ2n) is 8.65. The van der Waals surface area contributed by atoms with Crippen molar-refractivity contribution in [1.29, 1.82) is 0 Å². The number of allylic oxidation sites excluding steroid dienone is 1. The summed E-state index contributed by atoms with van der Waals surface area (Å²) in [6.07, 6.45) is 4.19. The van der Waals surface area contributed by atoms with Crippen molar-refractivity contribution in [3.63, 3.8) is 0 Å². The monoisotopic (exact) mass is 430 g/mol. The number of phenols is 1. The molecule has 0 aromatic heterocycles. The molecule has 3 saturated heterocycles. The van der Waals surface area contributed by atoms with Crippen molar-refractivity contribution in [3.05, 3.63) is 47.4 Å². The molecule has 3 aliphatic rings. The Bertz CT molecular complexity index is 761. The van der Waals surface area contributed by atoms with Crippen LogP contribution in [-0.4, -0.2) is 72.4 Å². The SMILES string of the molecule is C1COCCN1.CC(C)N1C2CCC1CN(C(/C=C(\N)c1ccccc1O)=C(N)N)C2. The average Bonchev–Trinajstić information content (AvgIpc) is 3.04. The number of aromatic hydroxyl groups is 1. The zero-order chi connectivity index (χ0) is 22.4. The van der Waals surface area contributed by atoms with Gasteiger partial charge in [0.25, 0.3) is 0 Å². The number of piperazine rings is 1. The van der Waals surface area contributed by atoms with E-state index in [0.29, 0.717) is 29.4 Å². The second-order valence-corrected chi connectivity index (χ2v) is 8.65. The molecule has 172 valence electrons. The Morgan fingerprint density at radius 1 is 1.10 bits per heavy atom. The molecule has 0 radical (unpaired) electrons. The van der Waals surface area contributed by atoms with Crippen molar-refractivity contribution in [2.45, 2.75) is 44.8 Å². The van der Waals surface area contributed by atoms with Crippen molar-refractivity contribution in [2.75, 3.05) is 39.4 Å². The number of ether oxygens (including phenoxy) is 1. The summed E-state index contributed by atoms with van der Waals surface area (Å²) in [6.45, 7) is 10.1. The summed E-state index contributed by atoms with van der Waals surface area (Å²) in [5.41, 5.74) is 20.0. The lowest BCUT2D eigenvalue weighted by molar-refractivity contribution is 0.0613. The third-order valence-corrected chi connectivity index (χ3v) is 6.13. The lowest BCUT2D eigenvalue weighted by Crippen LogP contribution is -2.55. The van der Waals surface area contributed by atoms with Crippen molar-refractivity contribution >= 4 is 5.70 Å². The van der Waals surface area contributed by atoms with Crippen molar-refractivity contribution in [2.24, 2.45) is 17.2 Å². The van der Waals surface area contributed by atoms with Gasteiger partial charge in [0, 0.05) is 55.6 Å². The number of nitrogens with zero attached hydrogens (tertiary/aromatic N) is 2. The van der Waals surface area contributed by atoms with E-state index in [4.69, 9.17) is 21.9 Å². The van der Waals surface area contributed by atoms with Gasteiger partial charge < -0.3 is 37.3 Å². The van der Waals surface area contributed by atoms with Gasteiger partial charge in [-0.15, -0.1) is 0 Å². The number of benzene rings is 1. The number of nitrogens with one attached hydrogen (secondary N) is 1. The number of nitrogens with two attached hydrogens (primary N) is 3. The van der Waals surface area contributed by atoms with E-state index in [0.717, 1.165) is 45.1 Å². The predicted molar refractivity (Wildman–Crippen MR) is 125 cm³/mol. The number of hydrogen-bond donors (Lipinski definition) is 5. The minimum atomic E-state index is 0.149. The van der Waals surface area contributed by atoms with Crippen LogP contribution in [0, 0.1) is 0 Å². The highest BCUT2D eigenvalue weighted by Crippen LogP contribution is 2.34. The summed E-state index contributed by atoms with van der Waals surface area (Å²) >= 11 is 0. The molecule has 2 bridgehead atoms. The van der Waals surface area contributed by atoms with Gasteiger partial charge in [0.2, 0.25) is 0 Å². The van der Waals surface area contributed by atoms with E-state index in [2.05, 4.69) is 29.0 Å². The number of rotatable bonds is 4. The summed E-state index contributed by atoms with van der Waals surface area (Å²) in [5.74, 6) is 0.409. The smallest absolute Gasteiger partial charge is 0.124 e. The first-order valence-corrected chi connectivity index (χ1v) is 11.2. The maximum absolute atomic E-state index is 10.0. The van der Waals surface area contributed by atoms with Gasteiger partial charge >= 0.3 is 0 Å². The lowest BCUT2D eigenvalue weighted by Gasteiger charge is -2.44. The predicted octanol–water partition coefficient (Wildman–Crippen LogP) is 0.942. The highest BCUT2D eigenvalue weighted by molar-refractivity contribution is 5.69. The Hall–Kier alpha value is -2.42. The molecule has 1 aromatic rings. The Morgan fingerprint density at radius 3 is 2.16 bits per heavy atom. The second kappa shape index (κ2) is 10.7. The van der Waals surface area contributed by atoms with E-state index in [1.165, 1.54) is 12.8 Å². The molecule has 8 nitrogen and oxygen atoms in total. The van der Waals surface area contributed by atoms with Crippen LogP contribution in [0.4, 0.5) is 0 Å². The Balaban J connectivity index is 0.000000391. The van der Waals surface area contributed by atoms with Crippen LogP contribution in [0.1, 0.15) is 32.3 Å². The highest BCUT2D eigenvalue weighted by atomic mass is 16.5. The molecule has 2 atom stereocenters. The van der Waals surface area contributed by atoms with Crippen molar-refractivity contribution in [3.8, 4) is 5.75 Å². The minimum Gasteiger partial charge on any atom is -0.507 e. The van der Waals surface area contributed by atoms with Crippen LogP contribution in [0.15, 0.2) is 41.9 Å². The molecule has 31 heavy (non-hydrogen) atoms. The van der Waals surface area contributed by atoms with Crippen molar-refractivity contribution in [1.82, 2.24) is 15.1 Å². The number of phenolic OH excluding ortho intramolecular Hbond substituents is 1. The van der Waals surface area contributed by atoms with E-state index in [1.54, 1.807) is 24.3 Å². The van der Waals surface area contributed by atoms with Gasteiger partial charge in [-0.25, -0.2) is 0 Å². The fraction of sp³-hybridized carbons (Fsp3) is 0.565. The van der Waals surface area contributed by atoms with Crippen LogP contribution >= 0.6 is 0 Å². The van der Waals surface area contributed by atoms with E-state index >= 15 is 0 Å². The summed E-state index contributed by atoms with van der Waals surface area (Å²) in [4.78, 5) is 4.85. The zero-order valence-electron chi connectivity index (χ0n) is 18.8. The maximum atomic E-state index is 10.0. The van der Waals surface area contributed by atoms with Crippen LogP contribution in [0.25, 0.3) is 5.70 Å². The maximum Gasteiger partial charge on any atom is 0.124 e. The van der Waals surface area contributed by atoms with E-state index in [-0.39, 0.29) is 11.6 Å². The van der Waals surface area contributed by atoms with Crippen LogP contribution in [-0.2, 0) is 4.74 Å². The largest absolute Gasteiger partial charge is 0.507 e. The first-order chi connectivity index (χ1) is 14.9. The first-order valence-electron chi connectivity index (χ1n) is 11.2. The molecular formula is C23H38N6O2. The molecular weight excluding hydrogens is 392 g/mol. The Morgan fingerprint density at radius 2 is 1.71 bits per heavy atom. The third kappa shape index (κ3) is 5.84. The molecule has 0 saturated carbocycles. The van der Waals surface area contributed by atoms with Crippen molar-refractivity contribution < 1.29 is 9.84 Å². The molecule has 3 aliphatic heterocycles. The summed E-state index contributed by atoms with van der Waals surface area (Å²) in [7, 11) is 0. The van der Waals surface area contributed by atoms with Crippen LogP contribution < -0.4 is 22.5 Å².